The summed E-state index contributed by atoms with van der Waals surface area (Å²) in [7, 11) is 0. The number of carbonyl (C=O) groups is 1. The number of fused-ring (bicyclic) bond motifs is 3. The average molecular weight is 507 g/mol. The number of hydrazine groups is 1. The highest BCUT2D eigenvalue weighted by molar-refractivity contribution is 6.13. The molecule has 1 atom stereocenters. The second-order valence-corrected chi connectivity index (χ2v) is 10.2. The van der Waals surface area contributed by atoms with Crippen LogP contribution in [0.4, 0.5) is 4.39 Å². The predicted molar refractivity (Wildman–Crippen MR) is 145 cm³/mol. The van der Waals surface area contributed by atoms with Gasteiger partial charge in [-0.2, -0.15) is 0 Å². The van der Waals surface area contributed by atoms with E-state index in [1.165, 1.54) is 19.0 Å². The molecule has 0 radical (unpaired) electrons. The number of nitrogens with one attached hydrogen (secondary N) is 1. The molecule has 5 aromatic rings. The summed E-state index contributed by atoms with van der Waals surface area (Å²) >= 11 is 0. The van der Waals surface area contributed by atoms with Crippen LogP contribution in [0.15, 0.2) is 67.3 Å². The van der Waals surface area contributed by atoms with Crippen molar-refractivity contribution < 1.29 is 9.18 Å². The van der Waals surface area contributed by atoms with Gasteiger partial charge in [0.15, 0.2) is 5.78 Å². The maximum absolute atomic E-state index is 15.4. The van der Waals surface area contributed by atoms with E-state index in [1.54, 1.807) is 18.6 Å². The highest BCUT2D eigenvalue weighted by Gasteiger charge is 2.32. The molecule has 0 aliphatic carbocycles. The molecular formula is C30H27FN6O. The Bertz CT molecular complexity index is 1640. The van der Waals surface area contributed by atoms with Gasteiger partial charge in [-0.25, -0.2) is 19.4 Å². The number of pyridine rings is 3. The lowest BCUT2D eigenvalue weighted by Crippen LogP contribution is -2.39. The Kier molecular flexibility index (Phi) is 5.71. The number of rotatable bonds is 5. The van der Waals surface area contributed by atoms with E-state index < -0.39 is 5.82 Å². The normalized spacial score (nSPS) is 18.6. The lowest BCUT2D eigenvalue weighted by Gasteiger charge is -2.27. The number of nitrogens with zero attached hydrogens (tertiary/aromatic N) is 5. The van der Waals surface area contributed by atoms with Gasteiger partial charge in [0.1, 0.15) is 11.5 Å². The van der Waals surface area contributed by atoms with E-state index in [-0.39, 0.29) is 11.7 Å². The number of benzene rings is 1. The van der Waals surface area contributed by atoms with Crippen molar-refractivity contribution in [2.45, 2.75) is 19.3 Å². The molecule has 7 nitrogen and oxygen atoms in total. The molecule has 0 saturated carbocycles. The van der Waals surface area contributed by atoms with E-state index in [1.807, 2.05) is 42.5 Å². The molecule has 1 unspecified atom stereocenters. The summed E-state index contributed by atoms with van der Waals surface area (Å²) in [6.07, 6.45) is 9.80. The number of aromatic nitrogens is 4. The van der Waals surface area contributed by atoms with Gasteiger partial charge in [-0.1, -0.05) is 24.3 Å². The van der Waals surface area contributed by atoms with Crippen molar-refractivity contribution in [3.63, 3.8) is 0 Å². The van der Waals surface area contributed by atoms with Crippen molar-refractivity contribution in [3.05, 3.63) is 78.6 Å². The highest BCUT2D eigenvalue weighted by Crippen LogP contribution is 2.37. The fourth-order valence-electron chi connectivity index (χ4n) is 5.92. The van der Waals surface area contributed by atoms with Crippen LogP contribution in [0.3, 0.4) is 0 Å². The topological polar surface area (TPSA) is 78.0 Å². The fraction of sp³-hybridized carbons (Fsp3) is 0.267. The first-order chi connectivity index (χ1) is 18.7. The Hall–Kier alpha value is -4.01. The van der Waals surface area contributed by atoms with Crippen molar-refractivity contribution >= 4 is 27.7 Å². The average Bonchev–Trinajstić information content (AvgIpc) is 3.73. The number of carbonyl (C=O) groups excluding carboxylic acids is 1. The number of halogens is 1. The van der Waals surface area contributed by atoms with Gasteiger partial charge in [0.25, 0.3) is 0 Å². The summed E-state index contributed by atoms with van der Waals surface area (Å²) in [6.45, 7) is 3.90. The Labute approximate surface area is 219 Å². The molecule has 4 aromatic heterocycles. The molecule has 0 amide bonds. The Balaban J connectivity index is 1.23. The van der Waals surface area contributed by atoms with Crippen LogP contribution >= 0.6 is 0 Å². The minimum atomic E-state index is -0.408. The first-order valence-corrected chi connectivity index (χ1v) is 13.2. The third-order valence-electron chi connectivity index (χ3n) is 7.89. The van der Waals surface area contributed by atoms with E-state index in [4.69, 9.17) is 0 Å². The zero-order valence-corrected chi connectivity index (χ0v) is 20.9. The lowest BCUT2D eigenvalue weighted by atomic mass is 9.94. The second kappa shape index (κ2) is 9.38. The largest absolute Gasteiger partial charge is 0.338 e. The molecule has 190 valence electrons. The molecule has 8 heteroatoms. The SMILES string of the molecule is O=C(c1ccc(-c2c(F)cnc3[nH]c4cnc(-c5cccnc5)cc4c23)cc1)C1CCN(N2CCCC2)C1. The van der Waals surface area contributed by atoms with E-state index >= 15 is 4.39 Å². The molecular weight excluding hydrogens is 479 g/mol. The van der Waals surface area contributed by atoms with Gasteiger partial charge in [0.05, 0.1) is 23.6 Å². The molecule has 2 saturated heterocycles. The van der Waals surface area contributed by atoms with Gasteiger partial charge < -0.3 is 4.98 Å². The van der Waals surface area contributed by atoms with Crippen LogP contribution < -0.4 is 0 Å². The molecule has 2 aliphatic heterocycles. The van der Waals surface area contributed by atoms with Crippen LogP contribution in [-0.4, -0.2) is 61.9 Å². The fourth-order valence-corrected chi connectivity index (χ4v) is 5.92. The minimum Gasteiger partial charge on any atom is -0.338 e. The van der Waals surface area contributed by atoms with Gasteiger partial charge in [-0.15, -0.1) is 0 Å². The van der Waals surface area contributed by atoms with Gasteiger partial charge in [0.2, 0.25) is 0 Å². The quantitative estimate of drug-likeness (QED) is 0.318. The van der Waals surface area contributed by atoms with Crippen LogP contribution in [0, 0.1) is 11.7 Å². The summed E-state index contributed by atoms with van der Waals surface area (Å²) in [4.78, 5) is 29.6. The Morgan fingerprint density at radius 2 is 1.79 bits per heavy atom. The van der Waals surface area contributed by atoms with Crippen LogP contribution in [0.1, 0.15) is 29.6 Å². The number of aromatic amines is 1. The van der Waals surface area contributed by atoms with Crippen molar-refractivity contribution in [1.82, 2.24) is 30.0 Å². The summed E-state index contributed by atoms with van der Waals surface area (Å²) < 4.78 is 15.4. The first kappa shape index (κ1) is 23.1. The summed E-state index contributed by atoms with van der Waals surface area (Å²) in [6, 6.07) is 13.1. The number of ketones is 1. The lowest BCUT2D eigenvalue weighted by molar-refractivity contribution is 0.0182. The van der Waals surface area contributed by atoms with E-state index in [2.05, 4.69) is 30.0 Å². The third kappa shape index (κ3) is 3.97. The molecule has 38 heavy (non-hydrogen) atoms. The molecule has 0 spiro atoms. The predicted octanol–water partition coefficient (Wildman–Crippen LogP) is 5.49. The summed E-state index contributed by atoms with van der Waals surface area (Å²) in [5, 5.41) is 6.27. The smallest absolute Gasteiger partial charge is 0.167 e. The second-order valence-electron chi connectivity index (χ2n) is 10.2. The third-order valence-corrected chi connectivity index (χ3v) is 7.89. The van der Waals surface area contributed by atoms with Crippen molar-refractivity contribution in [2.75, 3.05) is 26.2 Å². The molecule has 1 aromatic carbocycles. The molecule has 2 fully saturated rings. The Morgan fingerprint density at radius 3 is 2.58 bits per heavy atom. The summed E-state index contributed by atoms with van der Waals surface area (Å²) in [5.74, 6) is -0.245. The van der Waals surface area contributed by atoms with Gasteiger partial charge in [-0.3, -0.25) is 14.8 Å². The van der Waals surface area contributed by atoms with Crippen LogP contribution in [0.5, 0.6) is 0 Å². The van der Waals surface area contributed by atoms with Crippen molar-refractivity contribution in [1.29, 1.82) is 0 Å². The zero-order valence-electron chi connectivity index (χ0n) is 20.9. The van der Waals surface area contributed by atoms with Gasteiger partial charge in [0, 0.05) is 72.0 Å². The van der Waals surface area contributed by atoms with Gasteiger partial charge in [-0.05, 0) is 43.0 Å². The van der Waals surface area contributed by atoms with Crippen LogP contribution in [0.2, 0.25) is 0 Å². The number of hydrogen-bond acceptors (Lipinski definition) is 6. The van der Waals surface area contributed by atoms with Crippen molar-refractivity contribution in [2.24, 2.45) is 5.92 Å². The highest BCUT2D eigenvalue weighted by atomic mass is 19.1. The monoisotopic (exact) mass is 506 g/mol. The van der Waals surface area contributed by atoms with E-state index in [0.717, 1.165) is 54.8 Å². The zero-order chi connectivity index (χ0) is 25.6. The standard InChI is InChI=1S/C30H27FN6O/c31-24-16-34-30-28(23-14-25(33-17-26(23)35-30)21-4-3-10-32-15-21)27(24)19-5-7-20(8-6-19)29(38)22-9-13-37(18-22)36-11-1-2-12-36/h3-8,10,14-17,22H,1-2,9,11-13,18H2,(H,34,35). The van der Waals surface area contributed by atoms with Crippen LogP contribution in [-0.2, 0) is 0 Å². The maximum atomic E-state index is 15.4. The Morgan fingerprint density at radius 1 is 0.947 bits per heavy atom. The molecule has 6 heterocycles. The molecule has 0 bridgehead atoms. The van der Waals surface area contributed by atoms with E-state index in [9.17, 15) is 4.79 Å². The molecule has 2 aliphatic rings. The molecule has 1 N–H and O–H groups in total. The van der Waals surface area contributed by atoms with Gasteiger partial charge >= 0.3 is 0 Å². The minimum absolute atomic E-state index is 0.00201. The van der Waals surface area contributed by atoms with Crippen molar-refractivity contribution in [3.8, 4) is 22.4 Å². The summed E-state index contributed by atoms with van der Waals surface area (Å²) in [5.41, 5.74) is 4.85. The van der Waals surface area contributed by atoms with E-state index in [0.29, 0.717) is 27.7 Å². The number of Topliss-reactive ketones (excluding diaryl/α,β-unsaturated/α-hetero) is 1. The van der Waals surface area contributed by atoms with Crippen LogP contribution in [0.25, 0.3) is 44.3 Å². The number of hydrogen-bond donors (Lipinski definition) is 1. The number of H-pyrrole nitrogens is 1. The maximum Gasteiger partial charge on any atom is 0.167 e. The first-order valence-electron chi connectivity index (χ1n) is 13.2. The molecule has 7 rings (SSSR count).